The quantitative estimate of drug-likeness (QED) is 0.413. The minimum Gasteiger partial charge on any atom is -0.487 e. The van der Waals surface area contributed by atoms with Crippen LogP contribution in [0.1, 0.15) is 50.7 Å². The number of fused-ring (bicyclic) bond motifs is 3. The molecule has 4 aliphatic rings. The van der Waals surface area contributed by atoms with Crippen LogP contribution in [0.2, 0.25) is 5.02 Å². The topological polar surface area (TPSA) is 130 Å². The Balaban J connectivity index is 1.46. The lowest BCUT2D eigenvalue weighted by Gasteiger charge is -2.43. The number of ether oxygens (including phenoxy) is 3. The molecule has 0 aromatic heterocycles. The largest absolute Gasteiger partial charge is 0.487 e. The molecule has 0 radical (unpaired) electrons. The maximum atomic E-state index is 14.8. The highest BCUT2D eigenvalue weighted by Gasteiger charge is 2.39. The fourth-order valence-electron chi connectivity index (χ4n) is 6.70. The van der Waals surface area contributed by atoms with Gasteiger partial charge in [-0.3, -0.25) is 4.79 Å². The average molecular weight is 701 g/mol. The van der Waals surface area contributed by atoms with E-state index in [4.69, 9.17) is 25.8 Å². The lowest BCUT2D eigenvalue weighted by molar-refractivity contribution is -0.137. The Morgan fingerprint density at radius 2 is 1.94 bits per heavy atom. The number of halogens is 1. The second kappa shape index (κ2) is 14.4. The van der Waals surface area contributed by atoms with Crippen molar-refractivity contribution in [2.75, 3.05) is 44.8 Å². The van der Waals surface area contributed by atoms with E-state index < -0.39 is 33.6 Å². The van der Waals surface area contributed by atoms with Crippen molar-refractivity contribution in [3.8, 4) is 5.75 Å². The summed E-state index contributed by atoms with van der Waals surface area (Å²) >= 11 is 6.36. The smallest absolute Gasteiger partial charge is 0.330 e. The second-order valence-electron chi connectivity index (χ2n) is 13.6. The lowest BCUT2D eigenvalue weighted by Crippen LogP contribution is -2.57. The number of aliphatic hydroxyl groups excluding tert-OH is 1. The Bertz CT molecular complexity index is 1680. The second-order valence-corrected chi connectivity index (χ2v) is 15.9. The van der Waals surface area contributed by atoms with Crippen LogP contribution in [0.4, 0.5) is 10.5 Å². The first-order valence-electron chi connectivity index (χ1n) is 16.6. The average Bonchev–Trinajstić information content (AvgIpc) is 3.05. The maximum Gasteiger partial charge on any atom is 0.330 e. The van der Waals surface area contributed by atoms with Crippen molar-refractivity contribution >= 4 is 39.1 Å². The molecule has 1 unspecified atom stereocenters. The van der Waals surface area contributed by atoms with Crippen LogP contribution in [0, 0.1) is 11.8 Å². The van der Waals surface area contributed by atoms with Crippen molar-refractivity contribution in [1.29, 1.82) is 0 Å². The molecule has 3 heterocycles. The first-order chi connectivity index (χ1) is 23.0. The number of urea groups is 1. The summed E-state index contributed by atoms with van der Waals surface area (Å²) in [6.07, 6.45) is 7.83. The molecular weight excluding hydrogens is 656 g/mol. The Labute approximate surface area is 287 Å². The van der Waals surface area contributed by atoms with Crippen LogP contribution in [0.25, 0.3) is 0 Å². The molecule has 260 valence electrons. The van der Waals surface area contributed by atoms with Gasteiger partial charge in [0.1, 0.15) is 18.0 Å². The van der Waals surface area contributed by atoms with Gasteiger partial charge in [0.25, 0.3) is 5.91 Å². The molecule has 2 bridgehead atoms. The molecule has 3 aliphatic heterocycles. The number of carbonyl (C=O) groups is 2. The number of aliphatic hydroxyl groups is 1. The van der Waals surface area contributed by atoms with E-state index in [1.165, 1.54) is 4.90 Å². The number of hydrogen-bond acceptors (Lipinski definition) is 8. The van der Waals surface area contributed by atoms with Crippen molar-refractivity contribution in [3.63, 3.8) is 0 Å². The van der Waals surface area contributed by atoms with Crippen molar-refractivity contribution in [2.45, 2.75) is 75.3 Å². The third kappa shape index (κ3) is 7.52. The number of anilines is 1. The number of nitrogens with zero attached hydrogens (tertiary/aromatic N) is 3. The Kier molecular flexibility index (Phi) is 10.4. The summed E-state index contributed by atoms with van der Waals surface area (Å²) in [6.45, 7) is 5.19. The molecule has 1 saturated heterocycles. The van der Waals surface area contributed by atoms with Crippen LogP contribution in [-0.2, 0) is 37.2 Å². The summed E-state index contributed by atoms with van der Waals surface area (Å²) in [4.78, 5) is 30.7. The van der Waals surface area contributed by atoms with E-state index in [1.807, 2.05) is 30.4 Å². The van der Waals surface area contributed by atoms with Crippen LogP contribution in [0.3, 0.4) is 0 Å². The number of amides is 3. The summed E-state index contributed by atoms with van der Waals surface area (Å²) < 4.78 is 39.9. The van der Waals surface area contributed by atoms with Gasteiger partial charge in [-0.2, -0.15) is 0 Å². The number of rotatable bonds is 2. The van der Waals surface area contributed by atoms with E-state index in [0.717, 1.165) is 49.8 Å². The number of likely N-dealkylation sites (tertiary alicyclic amines) is 1. The normalized spacial score (nSPS) is 28.6. The van der Waals surface area contributed by atoms with Crippen LogP contribution in [-0.4, -0.2) is 83.9 Å². The molecule has 2 fully saturated rings. The highest BCUT2D eigenvalue weighted by Crippen LogP contribution is 2.42. The van der Waals surface area contributed by atoms with Crippen LogP contribution >= 0.6 is 11.6 Å². The van der Waals surface area contributed by atoms with Gasteiger partial charge < -0.3 is 29.1 Å². The molecule has 2 aromatic rings. The molecule has 0 spiro atoms. The van der Waals surface area contributed by atoms with Gasteiger partial charge in [0.15, 0.2) is 9.92 Å². The van der Waals surface area contributed by atoms with Gasteiger partial charge in [0.2, 0.25) is 0 Å². The molecule has 1 saturated carbocycles. The highest BCUT2D eigenvalue weighted by molar-refractivity contribution is 7.92. The molecule has 11 nitrogen and oxygen atoms in total. The molecule has 2 aromatic carbocycles. The van der Waals surface area contributed by atoms with Gasteiger partial charge in [-0.1, -0.05) is 29.8 Å². The van der Waals surface area contributed by atoms with E-state index in [-0.39, 0.29) is 36.6 Å². The number of benzene rings is 2. The first-order valence-corrected chi connectivity index (χ1v) is 18.5. The fraction of sp³-hybridized carbons (Fsp3) is 0.543. The van der Waals surface area contributed by atoms with E-state index >= 15 is 0 Å². The predicted octanol–water partition coefficient (Wildman–Crippen LogP) is 5.12. The van der Waals surface area contributed by atoms with Crippen molar-refractivity contribution in [3.05, 3.63) is 64.7 Å². The summed E-state index contributed by atoms with van der Waals surface area (Å²) in [5, 5.41) is 10.5. The summed E-state index contributed by atoms with van der Waals surface area (Å²) in [7, 11) is -2.14. The lowest BCUT2D eigenvalue weighted by atomic mass is 9.70. The molecule has 4 atom stereocenters. The highest BCUT2D eigenvalue weighted by atomic mass is 35.5. The van der Waals surface area contributed by atoms with Gasteiger partial charge in [-0.15, -0.1) is 4.36 Å². The molecule has 2 N–H and O–H groups in total. The number of β-amino-alcohol motifs (C(OH)–C–C–N with tert-alkyl or cyclic N) is 1. The third-order valence-corrected chi connectivity index (χ3v) is 11.9. The van der Waals surface area contributed by atoms with E-state index in [1.54, 1.807) is 39.2 Å². The Morgan fingerprint density at radius 3 is 2.67 bits per heavy atom. The fourth-order valence-corrected chi connectivity index (χ4v) is 8.50. The number of carbonyl (C=O) groups excluding carboxylic acids is 2. The van der Waals surface area contributed by atoms with Gasteiger partial charge in [-0.05, 0) is 99.2 Å². The molecular formula is C35H45ClN4O7S. The molecule has 48 heavy (non-hydrogen) atoms. The van der Waals surface area contributed by atoms with Gasteiger partial charge in [0.05, 0.1) is 42.5 Å². The third-order valence-electron chi connectivity index (χ3n) is 9.86. The number of nitrogens with one attached hydrogen (secondary N) is 1. The van der Waals surface area contributed by atoms with E-state index in [0.29, 0.717) is 35.5 Å². The zero-order valence-electron chi connectivity index (χ0n) is 27.7. The monoisotopic (exact) mass is 700 g/mol. The zero-order chi connectivity index (χ0) is 34.1. The minimum atomic E-state index is -3.86. The molecule has 1 aliphatic carbocycles. The van der Waals surface area contributed by atoms with Crippen LogP contribution in [0.5, 0.6) is 5.75 Å². The number of methoxy groups -OCH3 is 1. The maximum absolute atomic E-state index is 14.8. The predicted molar refractivity (Wildman–Crippen MR) is 184 cm³/mol. The van der Waals surface area contributed by atoms with Crippen molar-refractivity contribution in [1.82, 2.24) is 9.62 Å². The number of hydrogen-bond donors (Lipinski definition) is 2. The van der Waals surface area contributed by atoms with Gasteiger partial charge >= 0.3 is 6.03 Å². The van der Waals surface area contributed by atoms with Gasteiger partial charge in [-0.25, -0.2) is 13.7 Å². The zero-order valence-corrected chi connectivity index (χ0v) is 29.3. The standard InChI is InChI=1S/C35H45ClN4O7S/c1-35(2)33(42)37-48(44,38-34(43)40-20-27(41)21-40)28-12-14-32-30(18-28)39(19-24-10-13-29(24)31(45-3)8-6-16-47-35)15-5-4-7-23-17-26(36)11-9-25(23)22-46-32/h6,8-9,11-12,14,17-18,24,27,29,31,41H,4-5,7,10,13,15-16,19-22H2,1-3H3,(H,37,38,42,43,44)/b8-6+/t24-,29+,31-,48?/m0/s1. The summed E-state index contributed by atoms with van der Waals surface area (Å²) in [5.74, 6) is 0.432. The molecule has 13 heteroatoms. The summed E-state index contributed by atoms with van der Waals surface area (Å²) in [5.41, 5.74) is 1.47. The van der Waals surface area contributed by atoms with Crippen molar-refractivity contribution in [2.24, 2.45) is 16.2 Å². The number of aryl methyl sites for hydroxylation is 1. The Hall–Kier alpha value is -3.16. The van der Waals surface area contributed by atoms with Crippen LogP contribution < -0.4 is 14.4 Å². The SMILES string of the molecule is CO[C@H]1/C=C/COC(C)(C)C(=O)N=S(=O)(NC(=O)N2CC(O)C2)c2ccc3c(c2)N(CCCCc2cc(Cl)ccc2CO3)C[C@@H]2CC[C@H]21. The Morgan fingerprint density at radius 1 is 1.12 bits per heavy atom. The molecule has 3 amide bonds. The van der Waals surface area contributed by atoms with Crippen LogP contribution in [0.15, 0.2) is 57.8 Å². The van der Waals surface area contributed by atoms with E-state index in [9.17, 15) is 18.9 Å². The molecule has 6 rings (SSSR count). The minimum absolute atomic E-state index is 0.0970. The summed E-state index contributed by atoms with van der Waals surface area (Å²) in [6, 6.07) is 10.3. The first kappa shape index (κ1) is 34.7. The van der Waals surface area contributed by atoms with Gasteiger partial charge in [0, 0.05) is 25.2 Å². The van der Waals surface area contributed by atoms with E-state index in [2.05, 4.69) is 14.0 Å². The van der Waals surface area contributed by atoms with Crippen molar-refractivity contribution < 1.29 is 33.1 Å².